The molecule has 0 saturated heterocycles. The molecule has 0 spiro atoms. The molecule has 3 aromatic carbocycles. The van der Waals surface area contributed by atoms with E-state index in [0.717, 1.165) is 28.1 Å². The molecule has 1 aromatic heterocycles. The number of carboxylic acids is 1. The van der Waals surface area contributed by atoms with Crippen LogP contribution in [0.25, 0.3) is 33.9 Å². The maximum atomic E-state index is 11.0. The Labute approximate surface area is 161 Å². The van der Waals surface area contributed by atoms with Crippen LogP contribution in [0, 0.1) is 0 Å². The molecule has 0 radical (unpaired) electrons. The van der Waals surface area contributed by atoms with Gasteiger partial charge >= 0.3 is 0 Å². The van der Waals surface area contributed by atoms with E-state index >= 15 is 0 Å². The summed E-state index contributed by atoms with van der Waals surface area (Å²) in [4.78, 5) is 19.1. The Balaban J connectivity index is 1.84. The molecule has 4 aromatic rings. The number of rotatable bonds is 4. The van der Waals surface area contributed by atoms with Crippen LogP contribution in [0.4, 0.5) is 0 Å². The lowest BCUT2D eigenvalue weighted by Gasteiger charge is -2.03. The van der Waals surface area contributed by atoms with Crippen LogP contribution in [0.2, 0.25) is 5.02 Å². The minimum atomic E-state index is -1.20. The number of carbonyl (C=O) groups is 1. The van der Waals surface area contributed by atoms with Gasteiger partial charge in [0, 0.05) is 21.7 Å². The van der Waals surface area contributed by atoms with E-state index in [2.05, 4.69) is 4.98 Å². The number of nitrogens with zero attached hydrogens (tertiary/aromatic N) is 1. The summed E-state index contributed by atoms with van der Waals surface area (Å²) in [6.45, 7) is 0. The van der Waals surface area contributed by atoms with Gasteiger partial charge in [0.05, 0.1) is 17.4 Å². The number of H-pyrrole nitrogens is 1. The van der Waals surface area contributed by atoms with Gasteiger partial charge in [0.25, 0.3) is 0 Å². The van der Waals surface area contributed by atoms with Crippen molar-refractivity contribution in [3.05, 3.63) is 89.4 Å². The summed E-state index contributed by atoms with van der Waals surface area (Å²) in [7, 11) is 0. The maximum Gasteiger partial charge on any atom is 0.138 e. The number of aromatic amines is 1. The number of carboxylic acid groups (broad SMARTS) is 1. The average Bonchev–Trinajstić information content (AvgIpc) is 3.15. The minimum Gasteiger partial charge on any atom is -0.545 e. The van der Waals surface area contributed by atoms with Gasteiger partial charge in [-0.2, -0.15) is 0 Å². The van der Waals surface area contributed by atoms with E-state index in [1.807, 2.05) is 54.6 Å². The quantitative estimate of drug-likeness (QED) is 0.575. The van der Waals surface area contributed by atoms with E-state index in [4.69, 9.17) is 16.6 Å². The molecule has 0 fully saturated rings. The van der Waals surface area contributed by atoms with E-state index in [1.165, 1.54) is 12.1 Å². The van der Waals surface area contributed by atoms with Crippen LogP contribution in [0.15, 0.2) is 78.9 Å². The monoisotopic (exact) mass is 373 g/mol. The van der Waals surface area contributed by atoms with Crippen molar-refractivity contribution in [3.63, 3.8) is 0 Å². The number of aromatic carboxylic acids is 1. The Morgan fingerprint density at radius 2 is 1.44 bits per heavy atom. The van der Waals surface area contributed by atoms with Crippen molar-refractivity contribution < 1.29 is 9.90 Å². The second kappa shape index (κ2) is 7.09. The molecule has 0 unspecified atom stereocenters. The van der Waals surface area contributed by atoms with Gasteiger partial charge in [0.15, 0.2) is 0 Å². The van der Waals surface area contributed by atoms with Gasteiger partial charge in [-0.3, -0.25) is 0 Å². The van der Waals surface area contributed by atoms with Gasteiger partial charge in [0.1, 0.15) is 5.82 Å². The van der Waals surface area contributed by atoms with Crippen LogP contribution >= 0.6 is 11.6 Å². The molecule has 1 N–H and O–H groups in total. The first-order valence-corrected chi connectivity index (χ1v) is 8.73. The zero-order valence-corrected chi connectivity index (χ0v) is 14.9. The minimum absolute atomic E-state index is 0.131. The van der Waals surface area contributed by atoms with Crippen molar-refractivity contribution in [2.45, 2.75) is 0 Å². The predicted octanol–water partition coefficient (Wildman–Crippen LogP) is 4.43. The zero-order valence-electron chi connectivity index (χ0n) is 14.1. The second-order valence-electron chi connectivity index (χ2n) is 6.05. The van der Waals surface area contributed by atoms with Gasteiger partial charge in [-0.25, -0.2) is 4.98 Å². The molecule has 4 nitrogen and oxygen atoms in total. The van der Waals surface area contributed by atoms with Crippen LogP contribution in [0.1, 0.15) is 10.4 Å². The highest BCUT2D eigenvalue weighted by molar-refractivity contribution is 6.30. The molecule has 132 valence electrons. The molecular weight excluding hydrogens is 360 g/mol. The molecule has 0 saturated carbocycles. The van der Waals surface area contributed by atoms with Crippen LogP contribution in [0.5, 0.6) is 0 Å². The number of nitrogens with one attached hydrogen (secondary N) is 1. The number of aromatic nitrogens is 2. The van der Waals surface area contributed by atoms with Gasteiger partial charge in [-0.15, -0.1) is 0 Å². The SMILES string of the molecule is O=C([O-])c1ccc(-c2nc(-c3ccccc3)c(-c3ccc(Cl)cc3)[nH]2)cc1. The molecule has 0 aliphatic carbocycles. The summed E-state index contributed by atoms with van der Waals surface area (Å²) >= 11 is 6.02. The Bertz CT molecular complexity index is 1090. The third-order valence-electron chi connectivity index (χ3n) is 4.28. The lowest BCUT2D eigenvalue weighted by molar-refractivity contribution is -0.255. The largest absolute Gasteiger partial charge is 0.545 e. The standard InChI is InChI=1S/C22H15ClN2O2/c23-18-12-10-15(11-13-18)20-19(14-4-2-1-3-5-14)24-21(25-20)16-6-8-17(9-7-16)22(26)27/h1-13H,(H,24,25)(H,26,27)/p-1. The number of halogens is 1. The zero-order chi connectivity index (χ0) is 18.8. The first-order valence-electron chi connectivity index (χ1n) is 8.35. The summed E-state index contributed by atoms with van der Waals surface area (Å²) in [6, 6.07) is 23.9. The van der Waals surface area contributed by atoms with Crippen LogP contribution in [0.3, 0.4) is 0 Å². The normalized spacial score (nSPS) is 10.7. The molecule has 27 heavy (non-hydrogen) atoms. The highest BCUT2D eigenvalue weighted by atomic mass is 35.5. The number of carbonyl (C=O) groups excluding carboxylic acids is 1. The van der Waals surface area contributed by atoms with Crippen molar-refractivity contribution in [2.24, 2.45) is 0 Å². The van der Waals surface area contributed by atoms with Crippen LogP contribution in [-0.2, 0) is 0 Å². The van der Waals surface area contributed by atoms with Crippen molar-refractivity contribution in [1.82, 2.24) is 9.97 Å². The number of hydrogen-bond acceptors (Lipinski definition) is 3. The van der Waals surface area contributed by atoms with Crippen molar-refractivity contribution in [3.8, 4) is 33.9 Å². The second-order valence-corrected chi connectivity index (χ2v) is 6.48. The summed E-state index contributed by atoms with van der Waals surface area (Å²) in [5.41, 5.74) is 4.55. The molecule has 4 rings (SSSR count). The van der Waals surface area contributed by atoms with E-state index in [0.29, 0.717) is 10.8 Å². The van der Waals surface area contributed by atoms with E-state index in [1.54, 1.807) is 12.1 Å². The van der Waals surface area contributed by atoms with Gasteiger partial charge < -0.3 is 14.9 Å². The van der Waals surface area contributed by atoms with Crippen LogP contribution < -0.4 is 5.11 Å². The van der Waals surface area contributed by atoms with Gasteiger partial charge in [-0.05, 0) is 17.7 Å². The highest BCUT2D eigenvalue weighted by Crippen LogP contribution is 2.33. The summed E-state index contributed by atoms with van der Waals surface area (Å²) in [5.74, 6) is -0.545. The van der Waals surface area contributed by atoms with Crippen molar-refractivity contribution >= 4 is 17.6 Å². The fourth-order valence-electron chi connectivity index (χ4n) is 2.90. The third kappa shape index (κ3) is 3.48. The number of imidazole rings is 1. The van der Waals surface area contributed by atoms with Crippen molar-refractivity contribution in [1.29, 1.82) is 0 Å². The number of benzene rings is 3. The number of hydrogen-bond donors (Lipinski definition) is 1. The lowest BCUT2D eigenvalue weighted by Crippen LogP contribution is -2.21. The summed E-state index contributed by atoms with van der Waals surface area (Å²) in [5, 5.41) is 11.6. The molecule has 0 aliphatic rings. The Morgan fingerprint density at radius 1 is 0.815 bits per heavy atom. The van der Waals surface area contributed by atoms with Gasteiger partial charge in [0.2, 0.25) is 0 Å². The van der Waals surface area contributed by atoms with E-state index < -0.39 is 5.97 Å². The lowest BCUT2D eigenvalue weighted by atomic mass is 10.1. The highest BCUT2D eigenvalue weighted by Gasteiger charge is 2.15. The summed E-state index contributed by atoms with van der Waals surface area (Å²) in [6.07, 6.45) is 0. The first-order chi connectivity index (χ1) is 13.1. The van der Waals surface area contributed by atoms with E-state index in [-0.39, 0.29) is 5.56 Å². The summed E-state index contributed by atoms with van der Waals surface area (Å²) < 4.78 is 0. The van der Waals surface area contributed by atoms with Crippen LogP contribution in [-0.4, -0.2) is 15.9 Å². The Morgan fingerprint density at radius 3 is 2.07 bits per heavy atom. The molecule has 1 heterocycles. The molecule has 0 bridgehead atoms. The van der Waals surface area contributed by atoms with E-state index in [9.17, 15) is 9.90 Å². The molecule has 5 heteroatoms. The first kappa shape index (κ1) is 17.1. The topological polar surface area (TPSA) is 68.8 Å². The smallest absolute Gasteiger partial charge is 0.138 e. The average molecular weight is 374 g/mol. The maximum absolute atomic E-state index is 11.0. The van der Waals surface area contributed by atoms with Crippen molar-refractivity contribution in [2.75, 3.05) is 0 Å². The Hall–Kier alpha value is -3.37. The fraction of sp³-hybridized carbons (Fsp3) is 0. The fourth-order valence-corrected chi connectivity index (χ4v) is 3.03. The molecule has 0 atom stereocenters. The third-order valence-corrected chi connectivity index (χ3v) is 4.53. The molecular formula is C22H14ClN2O2-. The predicted molar refractivity (Wildman–Crippen MR) is 104 cm³/mol. The molecule has 0 aliphatic heterocycles. The molecule has 0 amide bonds. The van der Waals surface area contributed by atoms with Gasteiger partial charge in [-0.1, -0.05) is 78.3 Å². The Kier molecular flexibility index (Phi) is 4.48.